The number of carbonyl (C=O) groups excluding carboxylic acids is 3. The Morgan fingerprint density at radius 3 is 2.39 bits per heavy atom. The van der Waals surface area contributed by atoms with Crippen molar-refractivity contribution in [2.24, 2.45) is 0 Å². The highest BCUT2D eigenvalue weighted by atomic mass is 16.5. The second-order valence-corrected chi connectivity index (χ2v) is 7.66. The van der Waals surface area contributed by atoms with Gasteiger partial charge in [-0.25, -0.2) is 4.79 Å². The summed E-state index contributed by atoms with van der Waals surface area (Å²) < 4.78 is 11.7. The molecule has 10 nitrogen and oxygen atoms in total. The first-order valence-electron chi connectivity index (χ1n) is 10.5. The summed E-state index contributed by atoms with van der Waals surface area (Å²) in [7, 11) is 0. The number of rotatable bonds is 5. The zero-order valence-electron chi connectivity index (χ0n) is 17.6. The van der Waals surface area contributed by atoms with Gasteiger partial charge in [0.25, 0.3) is 0 Å². The summed E-state index contributed by atoms with van der Waals surface area (Å²) in [5.74, 6) is -1.50. The molecule has 0 amide bonds. The van der Waals surface area contributed by atoms with Crippen molar-refractivity contribution in [3.05, 3.63) is 81.8 Å². The molecule has 3 aromatic rings. The molecule has 10 heteroatoms. The van der Waals surface area contributed by atoms with Gasteiger partial charge in [0, 0.05) is 40.0 Å². The minimum atomic E-state index is -0.553. The topological polar surface area (TPSA) is 118 Å². The zero-order valence-corrected chi connectivity index (χ0v) is 17.6. The van der Waals surface area contributed by atoms with Crippen molar-refractivity contribution >= 4 is 23.2 Å². The summed E-state index contributed by atoms with van der Waals surface area (Å²) in [6.45, 7) is 2.63. The summed E-state index contributed by atoms with van der Waals surface area (Å²) in [5.41, 5.74) is 1.50. The third-order valence-corrected chi connectivity index (χ3v) is 5.74. The second-order valence-electron chi connectivity index (χ2n) is 7.66. The molecule has 2 aromatic carbocycles. The van der Waals surface area contributed by atoms with Crippen LogP contribution in [0.15, 0.2) is 48.5 Å². The summed E-state index contributed by atoms with van der Waals surface area (Å²) in [5, 5.41) is 16.0. The monoisotopic (exact) mass is 448 g/mol. The van der Waals surface area contributed by atoms with Crippen molar-refractivity contribution < 1.29 is 28.8 Å². The van der Waals surface area contributed by atoms with Crippen LogP contribution in [0.1, 0.15) is 42.5 Å². The van der Waals surface area contributed by atoms with Crippen molar-refractivity contribution in [2.45, 2.75) is 6.54 Å². The number of benzene rings is 2. The number of aromatic nitrogens is 3. The van der Waals surface area contributed by atoms with Crippen LogP contribution in [-0.2, 0) is 16.0 Å². The summed E-state index contributed by atoms with van der Waals surface area (Å²) in [6.07, 6.45) is 0. The lowest BCUT2D eigenvalue weighted by molar-refractivity contribution is -0.749. The minimum absolute atomic E-state index is 0.0976. The van der Waals surface area contributed by atoms with Gasteiger partial charge in [0.1, 0.15) is 13.2 Å². The van der Waals surface area contributed by atoms with Gasteiger partial charge in [-0.3, -0.25) is 9.59 Å². The third-order valence-electron chi connectivity index (χ3n) is 5.74. The predicted molar refractivity (Wildman–Crippen MR) is 114 cm³/mol. The van der Waals surface area contributed by atoms with Crippen LogP contribution in [0.4, 0.5) is 5.69 Å². The molecule has 1 saturated heterocycles. The van der Waals surface area contributed by atoms with E-state index >= 15 is 0 Å². The first kappa shape index (κ1) is 20.8. The maximum Gasteiger partial charge on any atom is 0.338 e. The largest absolute Gasteiger partial charge is 0.571 e. The number of esters is 1. The van der Waals surface area contributed by atoms with E-state index in [1.165, 1.54) is 12.1 Å². The van der Waals surface area contributed by atoms with Crippen LogP contribution in [0.5, 0.6) is 0 Å². The van der Waals surface area contributed by atoms with Crippen molar-refractivity contribution in [2.75, 3.05) is 37.8 Å². The average molecular weight is 448 g/mol. The van der Waals surface area contributed by atoms with Crippen molar-refractivity contribution in [3.8, 4) is 0 Å². The van der Waals surface area contributed by atoms with E-state index in [0.29, 0.717) is 18.8 Å². The van der Waals surface area contributed by atoms with E-state index in [2.05, 4.69) is 10.00 Å². The second kappa shape index (κ2) is 8.47. The fourth-order valence-electron chi connectivity index (χ4n) is 4.04. The SMILES string of the molecule is O=C(OCCn1c2c(n[n+]1[O-])C(=O)c1ccccc1C2=O)c1ccc(N2CCOCC2)cc1. The number of morpholine rings is 1. The quantitative estimate of drug-likeness (QED) is 0.252. The Morgan fingerprint density at radius 2 is 1.70 bits per heavy atom. The van der Waals surface area contributed by atoms with Crippen molar-refractivity contribution in [1.29, 1.82) is 0 Å². The van der Waals surface area contributed by atoms with Gasteiger partial charge in [0.05, 0.1) is 18.8 Å². The maximum atomic E-state index is 12.9. The number of fused-ring (bicyclic) bond motifs is 2. The molecule has 1 aliphatic heterocycles. The van der Waals surface area contributed by atoms with Gasteiger partial charge in [-0.1, -0.05) is 24.3 Å². The molecule has 1 aromatic heterocycles. The molecule has 2 aliphatic rings. The highest BCUT2D eigenvalue weighted by molar-refractivity contribution is 6.26. The minimum Gasteiger partial charge on any atom is -0.571 e. The highest BCUT2D eigenvalue weighted by Gasteiger charge is 2.39. The van der Waals surface area contributed by atoms with Crippen LogP contribution >= 0.6 is 0 Å². The molecule has 0 spiro atoms. The molecule has 5 rings (SSSR count). The van der Waals surface area contributed by atoms with Gasteiger partial charge in [0.15, 0.2) is 5.69 Å². The average Bonchev–Trinajstić information content (AvgIpc) is 3.19. The van der Waals surface area contributed by atoms with E-state index in [1.807, 2.05) is 12.1 Å². The molecular weight excluding hydrogens is 428 g/mol. The summed E-state index contributed by atoms with van der Waals surface area (Å²) in [4.78, 5) is 40.3. The van der Waals surface area contributed by atoms with Gasteiger partial charge in [-0.2, -0.15) is 0 Å². The fraction of sp³-hybridized carbons (Fsp3) is 0.261. The van der Waals surface area contributed by atoms with Crippen LogP contribution in [0, 0.1) is 5.21 Å². The van der Waals surface area contributed by atoms with Gasteiger partial charge in [0.2, 0.25) is 17.3 Å². The van der Waals surface area contributed by atoms with Crippen LogP contribution in [0.25, 0.3) is 0 Å². The Hall–Kier alpha value is -4.05. The molecule has 0 saturated carbocycles. The lowest BCUT2D eigenvalue weighted by Crippen LogP contribution is -2.42. The van der Waals surface area contributed by atoms with E-state index in [4.69, 9.17) is 9.47 Å². The normalized spacial score (nSPS) is 15.2. The van der Waals surface area contributed by atoms with Gasteiger partial charge in [-0.15, -0.1) is 4.68 Å². The zero-order chi connectivity index (χ0) is 22.9. The number of hydrogen-bond donors (Lipinski definition) is 0. The Kier molecular flexibility index (Phi) is 5.35. The smallest absolute Gasteiger partial charge is 0.338 e. The Bertz CT molecular complexity index is 1240. The number of anilines is 1. The van der Waals surface area contributed by atoms with E-state index < -0.39 is 17.5 Å². The number of ether oxygens (including phenoxy) is 2. The third kappa shape index (κ3) is 3.74. The Labute approximate surface area is 188 Å². The standard InChI is InChI=1S/C23H20N4O6/c28-21-17-3-1-2-4-18(17)22(29)20-19(21)24-27(31)26(20)11-14-33-23(30)15-5-7-16(8-6-15)25-9-12-32-13-10-25/h1-8H,9-14H2. The van der Waals surface area contributed by atoms with Gasteiger partial charge in [-0.05, 0) is 24.3 Å². The first-order valence-corrected chi connectivity index (χ1v) is 10.5. The molecule has 0 radical (unpaired) electrons. The summed E-state index contributed by atoms with van der Waals surface area (Å²) >= 11 is 0. The lowest BCUT2D eigenvalue weighted by Gasteiger charge is -2.28. The van der Waals surface area contributed by atoms with E-state index in [1.54, 1.807) is 24.3 Å². The van der Waals surface area contributed by atoms with Crippen LogP contribution in [0.3, 0.4) is 0 Å². The molecule has 0 atom stereocenters. The fourth-order valence-corrected chi connectivity index (χ4v) is 4.04. The molecule has 0 unspecified atom stereocenters. The molecule has 0 N–H and O–H groups in total. The first-order chi connectivity index (χ1) is 16.0. The molecule has 33 heavy (non-hydrogen) atoms. The molecule has 1 fully saturated rings. The van der Waals surface area contributed by atoms with Gasteiger partial charge < -0.3 is 19.6 Å². The summed E-state index contributed by atoms with van der Waals surface area (Å²) in [6, 6.07) is 13.4. The molecule has 2 heterocycles. The predicted octanol–water partition coefficient (Wildman–Crippen LogP) is 0.986. The Balaban J connectivity index is 1.26. The van der Waals surface area contributed by atoms with Crippen molar-refractivity contribution in [1.82, 2.24) is 9.78 Å². The molecule has 0 bridgehead atoms. The molecule has 1 aliphatic carbocycles. The lowest BCUT2D eigenvalue weighted by atomic mass is 9.90. The number of carbonyl (C=O) groups is 3. The van der Waals surface area contributed by atoms with Crippen LogP contribution < -0.4 is 9.86 Å². The van der Waals surface area contributed by atoms with Crippen LogP contribution in [0.2, 0.25) is 0 Å². The maximum absolute atomic E-state index is 12.9. The molecule has 168 valence electrons. The van der Waals surface area contributed by atoms with Crippen LogP contribution in [-0.4, -0.2) is 60.2 Å². The number of ketones is 2. The Morgan fingerprint density at radius 1 is 1.03 bits per heavy atom. The highest BCUT2D eigenvalue weighted by Crippen LogP contribution is 2.25. The number of nitrogens with zero attached hydrogens (tertiary/aromatic N) is 4. The van der Waals surface area contributed by atoms with E-state index in [0.717, 1.165) is 23.5 Å². The molecular formula is C23H20N4O6. The van der Waals surface area contributed by atoms with Gasteiger partial charge >= 0.3 is 5.97 Å². The van der Waals surface area contributed by atoms with Crippen molar-refractivity contribution in [3.63, 3.8) is 0 Å². The number of hydrogen-bond acceptors (Lipinski definition) is 8. The van der Waals surface area contributed by atoms with E-state index in [9.17, 15) is 19.6 Å². The van der Waals surface area contributed by atoms with E-state index in [-0.39, 0.29) is 40.6 Å².